The molecule has 4 rings (SSSR count). The minimum absolute atomic E-state index is 0.484. The van der Waals surface area contributed by atoms with Gasteiger partial charge in [0.2, 0.25) is 11.7 Å². The molecule has 0 aliphatic rings. The average molecular weight is 398 g/mol. The number of aromatic nitrogens is 5. The Kier molecular flexibility index (Phi) is 5.22. The number of halogens is 1. The molecule has 0 amide bonds. The zero-order chi connectivity index (χ0) is 18.6. The van der Waals surface area contributed by atoms with Gasteiger partial charge in [0.25, 0.3) is 0 Å². The van der Waals surface area contributed by atoms with Crippen LogP contribution in [-0.4, -0.2) is 24.9 Å². The Morgan fingerprint density at radius 3 is 2.63 bits per heavy atom. The van der Waals surface area contributed by atoms with Gasteiger partial charge in [-0.2, -0.15) is 4.98 Å². The molecule has 0 fully saturated rings. The molecule has 27 heavy (non-hydrogen) atoms. The second-order valence-corrected chi connectivity index (χ2v) is 7.23. The van der Waals surface area contributed by atoms with Gasteiger partial charge in [-0.15, -0.1) is 10.2 Å². The van der Waals surface area contributed by atoms with Crippen molar-refractivity contribution in [1.82, 2.24) is 24.9 Å². The summed E-state index contributed by atoms with van der Waals surface area (Å²) in [5.41, 5.74) is 1.95. The van der Waals surface area contributed by atoms with Crippen molar-refractivity contribution in [3.05, 3.63) is 76.9 Å². The predicted molar refractivity (Wildman–Crippen MR) is 105 cm³/mol. The van der Waals surface area contributed by atoms with Gasteiger partial charge in [-0.05, 0) is 24.6 Å². The number of rotatable bonds is 6. The van der Waals surface area contributed by atoms with Gasteiger partial charge in [0.15, 0.2) is 5.16 Å². The number of thioether (sulfide) groups is 1. The van der Waals surface area contributed by atoms with Crippen molar-refractivity contribution in [1.29, 1.82) is 0 Å². The fraction of sp³-hybridized carbons (Fsp3) is 0.158. The Balaban J connectivity index is 1.48. The highest BCUT2D eigenvalue weighted by Gasteiger charge is 2.15. The summed E-state index contributed by atoms with van der Waals surface area (Å²) in [5.74, 6) is 2.37. The summed E-state index contributed by atoms with van der Waals surface area (Å²) in [4.78, 5) is 4.44. The minimum atomic E-state index is 0.484. The van der Waals surface area contributed by atoms with Crippen LogP contribution in [0.25, 0.3) is 11.4 Å². The maximum atomic E-state index is 6.19. The highest BCUT2D eigenvalue weighted by atomic mass is 35.5. The number of aryl methyl sites for hydroxylation is 1. The highest BCUT2D eigenvalue weighted by molar-refractivity contribution is 7.98. The third kappa shape index (κ3) is 4.04. The fourth-order valence-electron chi connectivity index (χ4n) is 2.61. The Morgan fingerprint density at radius 1 is 1.04 bits per heavy atom. The second-order valence-electron chi connectivity index (χ2n) is 5.88. The van der Waals surface area contributed by atoms with E-state index in [9.17, 15) is 0 Å². The van der Waals surface area contributed by atoms with Gasteiger partial charge in [0.1, 0.15) is 5.82 Å². The molecule has 6 nitrogen and oxygen atoms in total. The van der Waals surface area contributed by atoms with Crippen LogP contribution in [0, 0.1) is 6.92 Å². The van der Waals surface area contributed by atoms with Crippen molar-refractivity contribution in [3.8, 4) is 11.4 Å². The first kappa shape index (κ1) is 17.8. The standard InChI is InChI=1S/C19H16ClN5OS/c1-13-22-23-19(25(13)11-14-7-3-2-4-8-14)27-12-17-21-18(24-26-17)15-9-5-6-10-16(15)20/h2-10H,11-12H2,1H3. The monoisotopic (exact) mass is 397 g/mol. The van der Waals surface area contributed by atoms with Crippen LogP contribution < -0.4 is 0 Å². The molecular formula is C19H16ClN5OS. The quantitative estimate of drug-likeness (QED) is 0.442. The first-order chi connectivity index (χ1) is 13.2. The van der Waals surface area contributed by atoms with Crippen molar-refractivity contribution < 1.29 is 4.52 Å². The highest BCUT2D eigenvalue weighted by Crippen LogP contribution is 2.27. The van der Waals surface area contributed by atoms with E-state index in [0.717, 1.165) is 23.1 Å². The molecule has 0 saturated heterocycles. The number of nitrogens with zero attached hydrogens (tertiary/aromatic N) is 5. The number of hydrogen-bond donors (Lipinski definition) is 0. The molecular weight excluding hydrogens is 382 g/mol. The lowest BCUT2D eigenvalue weighted by molar-refractivity contribution is 0.391. The molecule has 0 unspecified atom stereocenters. The van der Waals surface area contributed by atoms with Gasteiger partial charge in [0, 0.05) is 5.56 Å². The summed E-state index contributed by atoms with van der Waals surface area (Å²) in [6.45, 7) is 2.67. The van der Waals surface area contributed by atoms with Crippen LogP contribution in [0.15, 0.2) is 64.3 Å². The molecule has 0 radical (unpaired) electrons. The molecule has 8 heteroatoms. The lowest BCUT2D eigenvalue weighted by Gasteiger charge is -2.07. The molecule has 2 aromatic heterocycles. The zero-order valence-electron chi connectivity index (χ0n) is 14.5. The average Bonchev–Trinajstić information content (AvgIpc) is 3.29. The van der Waals surface area contributed by atoms with E-state index in [1.165, 1.54) is 17.3 Å². The van der Waals surface area contributed by atoms with E-state index in [1.807, 2.05) is 43.3 Å². The molecule has 0 aliphatic carbocycles. The van der Waals surface area contributed by atoms with Crippen LogP contribution in [0.4, 0.5) is 0 Å². The van der Waals surface area contributed by atoms with Crippen molar-refractivity contribution in [2.45, 2.75) is 24.4 Å². The summed E-state index contributed by atoms with van der Waals surface area (Å²) < 4.78 is 7.44. The second kappa shape index (κ2) is 7.94. The van der Waals surface area contributed by atoms with Gasteiger partial charge in [0.05, 0.1) is 17.3 Å². The van der Waals surface area contributed by atoms with Crippen LogP contribution in [0.1, 0.15) is 17.3 Å². The van der Waals surface area contributed by atoms with E-state index >= 15 is 0 Å². The van der Waals surface area contributed by atoms with Gasteiger partial charge < -0.3 is 9.09 Å². The first-order valence-electron chi connectivity index (χ1n) is 8.35. The predicted octanol–water partition coefficient (Wildman–Crippen LogP) is 4.63. The van der Waals surface area contributed by atoms with Gasteiger partial charge in [-0.1, -0.05) is 71.0 Å². The van der Waals surface area contributed by atoms with Crippen molar-refractivity contribution in [3.63, 3.8) is 0 Å². The topological polar surface area (TPSA) is 69.6 Å². The normalized spacial score (nSPS) is 11.0. The Hall–Kier alpha value is -2.64. The van der Waals surface area contributed by atoms with Gasteiger partial charge in [-0.3, -0.25) is 0 Å². The van der Waals surface area contributed by atoms with E-state index in [0.29, 0.717) is 22.5 Å². The Bertz CT molecular complexity index is 1050. The SMILES string of the molecule is Cc1nnc(SCc2nc(-c3ccccc3Cl)no2)n1Cc1ccccc1. The molecule has 4 aromatic rings. The summed E-state index contributed by atoms with van der Waals surface area (Å²) in [6.07, 6.45) is 0. The summed E-state index contributed by atoms with van der Waals surface area (Å²) >= 11 is 7.71. The fourth-order valence-corrected chi connectivity index (χ4v) is 3.65. The maximum Gasteiger partial charge on any atom is 0.237 e. The molecule has 0 aliphatic heterocycles. The third-order valence-electron chi connectivity index (χ3n) is 3.99. The molecule has 0 spiro atoms. The van der Waals surface area contributed by atoms with Crippen LogP contribution in [0.3, 0.4) is 0 Å². The van der Waals surface area contributed by atoms with Crippen molar-refractivity contribution in [2.75, 3.05) is 0 Å². The van der Waals surface area contributed by atoms with E-state index in [1.54, 1.807) is 6.07 Å². The van der Waals surface area contributed by atoms with E-state index in [-0.39, 0.29) is 0 Å². The van der Waals surface area contributed by atoms with E-state index < -0.39 is 0 Å². The van der Waals surface area contributed by atoms with E-state index in [4.69, 9.17) is 16.1 Å². The van der Waals surface area contributed by atoms with E-state index in [2.05, 4.69) is 37.0 Å². The van der Waals surface area contributed by atoms with Gasteiger partial charge in [-0.25, -0.2) is 0 Å². The largest absolute Gasteiger partial charge is 0.338 e. The molecule has 0 saturated carbocycles. The van der Waals surface area contributed by atoms with Gasteiger partial charge >= 0.3 is 0 Å². The molecule has 136 valence electrons. The number of hydrogen-bond acceptors (Lipinski definition) is 6. The lowest BCUT2D eigenvalue weighted by Crippen LogP contribution is -2.03. The lowest BCUT2D eigenvalue weighted by atomic mass is 10.2. The Morgan fingerprint density at radius 2 is 1.81 bits per heavy atom. The van der Waals surface area contributed by atoms with Crippen LogP contribution in [-0.2, 0) is 12.3 Å². The molecule has 0 N–H and O–H groups in total. The first-order valence-corrected chi connectivity index (χ1v) is 9.71. The summed E-state index contributed by atoms with van der Waals surface area (Å²) in [6, 6.07) is 17.6. The number of benzene rings is 2. The van der Waals surface area contributed by atoms with Crippen molar-refractivity contribution >= 4 is 23.4 Å². The molecule has 0 bridgehead atoms. The van der Waals surface area contributed by atoms with Crippen molar-refractivity contribution in [2.24, 2.45) is 0 Å². The van der Waals surface area contributed by atoms with Crippen LogP contribution >= 0.6 is 23.4 Å². The zero-order valence-corrected chi connectivity index (χ0v) is 16.1. The van der Waals surface area contributed by atoms with Crippen LogP contribution in [0.5, 0.6) is 0 Å². The summed E-state index contributed by atoms with van der Waals surface area (Å²) in [5, 5.41) is 13.9. The summed E-state index contributed by atoms with van der Waals surface area (Å²) in [7, 11) is 0. The Labute approximate surface area is 165 Å². The smallest absolute Gasteiger partial charge is 0.237 e. The molecule has 2 heterocycles. The van der Waals surface area contributed by atoms with Crippen LogP contribution in [0.2, 0.25) is 5.02 Å². The maximum absolute atomic E-state index is 6.19. The molecule has 2 aromatic carbocycles. The third-order valence-corrected chi connectivity index (χ3v) is 5.27. The molecule has 0 atom stereocenters. The minimum Gasteiger partial charge on any atom is -0.338 e.